The first kappa shape index (κ1) is 11.0. The highest BCUT2D eigenvalue weighted by atomic mass is 35.5. The summed E-state index contributed by atoms with van der Waals surface area (Å²) in [6, 6.07) is 4.56. The Balaban J connectivity index is 2.26. The van der Waals surface area contributed by atoms with Crippen molar-refractivity contribution in [2.75, 3.05) is 0 Å². The summed E-state index contributed by atoms with van der Waals surface area (Å²) in [6.07, 6.45) is 0.276. The number of rotatable bonds is 3. The molecule has 0 spiro atoms. The van der Waals surface area contributed by atoms with Gasteiger partial charge in [-0.3, -0.25) is 5.10 Å². The van der Waals surface area contributed by atoms with Crippen LogP contribution in [0, 0.1) is 5.82 Å². The molecule has 2 rings (SSSR count). The number of aromatic amines is 1. The maximum Gasteiger partial charge on any atom is 0.164 e. The highest BCUT2D eigenvalue weighted by Crippen LogP contribution is 2.20. The molecule has 0 saturated heterocycles. The first-order valence-corrected chi connectivity index (χ1v) is 5.11. The van der Waals surface area contributed by atoms with Crippen LogP contribution in [0.3, 0.4) is 0 Å². The van der Waals surface area contributed by atoms with Crippen molar-refractivity contribution in [3.63, 3.8) is 0 Å². The van der Waals surface area contributed by atoms with E-state index >= 15 is 0 Å². The Morgan fingerprint density at radius 1 is 1.44 bits per heavy atom. The molecule has 1 heterocycles. The van der Waals surface area contributed by atoms with Crippen molar-refractivity contribution in [2.45, 2.75) is 13.0 Å². The van der Waals surface area contributed by atoms with Crippen LogP contribution >= 0.6 is 11.6 Å². The molecule has 0 aliphatic rings. The summed E-state index contributed by atoms with van der Waals surface area (Å²) in [5, 5.41) is 6.94. The van der Waals surface area contributed by atoms with Gasteiger partial charge in [0.1, 0.15) is 11.6 Å². The van der Waals surface area contributed by atoms with Gasteiger partial charge in [-0.25, -0.2) is 9.37 Å². The van der Waals surface area contributed by atoms with Gasteiger partial charge < -0.3 is 5.73 Å². The van der Waals surface area contributed by atoms with Gasteiger partial charge in [0, 0.05) is 17.0 Å². The van der Waals surface area contributed by atoms with Gasteiger partial charge in [-0.15, -0.1) is 0 Å². The largest absolute Gasteiger partial charge is 0.324 e. The lowest BCUT2D eigenvalue weighted by atomic mass is 10.1. The van der Waals surface area contributed by atoms with Crippen molar-refractivity contribution < 1.29 is 4.39 Å². The Kier molecular flexibility index (Phi) is 3.17. The second-order valence-corrected chi connectivity index (χ2v) is 3.69. The van der Waals surface area contributed by atoms with Crippen molar-refractivity contribution in [1.29, 1.82) is 0 Å². The van der Waals surface area contributed by atoms with Gasteiger partial charge >= 0.3 is 0 Å². The molecule has 16 heavy (non-hydrogen) atoms. The van der Waals surface area contributed by atoms with Gasteiger partial charge in [0.05, 0.1) is 6.54 Å². The molecule has 3 N–H and O–H groups in total. The molecule has 0 radical (unpaired) electrons. The van der Waals surface area contributed by atoms with Gasteiger partial charge in [-0.2, -0.15) is 5.10 Å². The molecule has 0 atom stereocenters. The van der Waals surface area contributed by atoms with Gasteiger partial charge in [-0.05, 0) is 12.1 Å². The van der Waals surface area contributed by atoms with E-state index in [1.54, 1.807) is 12.1 Å². The van der Waals surface area contributed by atoms with Crippen LogP contribution in [0.2, 0.25) is 5.02 Å². The van der Waals surface area contributed by atoms with Crippen LogP contribution in [-0.2, 0) is 13.0 Å². The van der Waals surface area contributed by atoms with Gasteiger partial charge in [-0.1, -0.05) is 17.7 Å². The van der Waals surface area contributed by atoms with Gasteiger partial charge in [0.2, 0.25) is 0 Å². The van der Waals surface area contributed by atoms with Crippen LogP contribution in [0.1, 0.15) is 17.2 Å². The molecular weight excluding hydrogens is 231 g/mol. The average Bonchev–Trinajstić information content (AvgIpc) is 2.71. The number of nitrogens with zero attached hydrogens (tertiary/aromatic N) is 2. The molecule has 0 bridgehead atoms. The summed E-state index contributed by atoms with van der Waals surface area (Å²) in [5.41, 5.74) is 5.78. The summed E-state index contributed by atoms with van der Waals surface area (Å²) >= 11 is 5.89. The molecule has 2 aromatic rings. The van der Waals surface area contributed by atoms with Crippen LogP contribution in [0.25, 0.3) is 0 Å². The molecule has 0 saturated carbocycles. The molecule has 6 heteroatoms. The van der Waals surface area contributed by atoms with E-state index in [0.717, 1.165) is 0 Å². The van der Waals surface area contributed by atoms with E-state index < -0.39 is 0 Å². The molecule has 1 aromatic carbocycles. The predicted octanol–water partition coefficient (Wildman–Crippen LogP) is 1.65. The third-order valence-electron chi connectivity index (χ3n) is 2.17. The van der Waals surface area contributed by atoms with E-state index in [1.165, 1.54) is 6.07 Å². The normalized spacial score (nSPS) is 10.7. The fraction of sp³-hybridized carbons (Fsp3) is 0.200. The Morgan fingerprint density at radius 3 is 2.88 bits per heavy atom. The van der Waals surface area contributed by atoms with Gasteiger partial charge in [0.25, 0.3) is 0 Å². The van der Waals surface area contributed by atoms with Crippen LogP contribution in [-0.4, -0.2) is 15.2 Å². The summed E-state index contributed by atoms with van der Waals surface area (Å²) in [5.74, 6) is 0.702. The third-order valence-corrected chi connectivity index (χ3v) is 2.52. The van der Waals surface area contributed by atoms with Crippen molar-refractivity contribution in [2.24, 2.45) is 5.73 Å². The second kappa shape index (κ2) is 4.59. The average molecular weight is 241 g/mol. The summed E-state index contributed by atoms with van der Waals surface area (Å²) in [4.78, 5) is 4.09. The van der Waals surface area contributed by atoms with E-state index in [4.69, 9.17) is 17.3 Å². The number of hydrogen-bond acceptors (Lipinski definition) is 3. The summed E-state index contributed by atoms with van der Waals surface area (Å²) in [6.45, 7) is 0.251. The maximum absolute atomic E-state index is 13.5. The molecule has 0 fully saturated rings. The molecule has 0 aliphatic carbocycles. The van der Waals surface area contributed by atoms with E-state index in [1.807, 2.05) is 0 Å². The number of nitrogens with two attached hydrogens (primary N) is 1. The number of benzene rings is 1. The lowest BCUT2D eigenvalue weighted by molar-refractivity contribution is 0.612. The lowest BCUT2D eigenvalue weighted by Gasteiger charge is -2.02. The van der Waals surface area contributed by atoms with E-state index in [9.17, 15) is 4.39 Å². The van der Waals surface area contributed by atoms with Gasteiger partial charge in [0.15, 0.2) is 5.82 Å². The zero-order valence-corrected chi connectivity index (χ0v) is 9.13. The number of nitrogens with one attached hydrogen (secondary N) is 1. The molecule has 84 valence electrons. The van der Waals surface area contributed by atoms with Crippen LogP contribution in [0.15, 0.2) is 18.2 Å². The first-order chi connectivity index (χ1) is 7.70. The quantitative estimate of drug-likeness (QED) is 0.857. The minimum Gasteiger partial charge on any atom is -0.324 e. The van der Waals surface area contributed by atoms with Crippen molar-refractivity contribution in [3.05, 3.63) is 46.3 Å². The Hall–Kier alpha value is -1.46. The van der Waals surface area contributed by atoms with Crippen molar-refractivity contribution in [1.82, 2.24) is 15.2 Å². The SMILES string of the molecule is NCc1n[nH]c(Cc2c(F)cccc2Cl)n1. The Labute approximate surface area is 96.6 Å². The van der Waals surface area contributed by atoms with E-state index in [0.29, 0.717) is 22.2 Å². The van der Waals surface area contributed by atoms with E-state index in [-0.39, 0.29) is 18.8 Å². The predicted molar refractivity (Wildman–Crippen MR) is 58.5 cm³/mol. The summed E-state index contributed by atoms with van der Waals surface area (Å²) in [7, 11) is 0. The minimum absolute atomic E-state index is 0.251. The number of H-pyrrole nitrogens is 1. The Morgan fingerprint density at radius 2 is 2.25 bits per heavy atom. The van der Waals surface area contributed by atoms with Crippen LogP contribution in [0.5, 0.6) is 0 Å². The van der Waals surface area contributed by atoms with Crippen molar-refractivity contribution >= 4 is 11.6 Å². The second-order valence-electron chi connectivity index (χ2n) is 3.28. The highest BCUT2D eigenvalue weighted by Gasteiger charge is 2.10. The lowest BCUT2D eigenvalue weighted by Crippen LogP contribution is -1.99. The van der Waals surface area contributed by atoms with Crippen LogP contribution in [0.4, 0.5) is 4.39 Å². The zero-order chi connectivity index (χ0) is 11.5. The smallest absolute Gasteiger partial charge is 0.164 e. The van der Waals surface area contributed by atoms with Crippen molar-refractivity contribution in [3.8, 4) is 0 Å². The molecule has 0 aliphatic heterocycles. The summed E-state index contributed by atoms with van der Waals surface area (Å²) < 4.78 is 13.5. The number of aromatic nitrogens is 3. The zero-order valence-electron chi connectivity index (χ0n) is 8.37. The highest BCUT2D eigenvalue weighted by molar-refractivity contribution is 6.31. The van der Waals surface area contributed by atoms with E-state index in [2.05, 4.69) is 15.2 Å². The molecule has 0 unspecified atom stereocenters. The number of halogens is 2. The molecule has 4 nitrogen and oxygen atoms in total. The Bertz CT molecular complexity index is 477. The monoisotopic (exact) mass is 240 g/mol. The van der Waals surface area contributed by atoms with Crippen LogP contribution < -0.4 is 5.73 Å². The first-order valence-electron chi connectivity index (χ1n) is 4.74. The molecular formula is C10H10ClFN4. The third kappa shape index (κ3) is 2.20. The fourth-order valence-corrected chi connectivity index (χ4v) is 1.60. The maximum atomic E-state index is 13.5. The minimum atomic E-state index is -0.349. The topological polar surface area (TPSA) is 67.6 Å². The fourth-order valence-electron chi connectivity index (χ4n) is 1.37. The standard InChI is InChI=1S/C10H10ClFN4/c11-7-2-1-3-8(12)6(7)4-9-14-10(5-13)16-15-9/h1-3H,4-5,13H2,(H,14,15,16). The number of hydrogen-bond donors (Lipinski definition) is 2. The molecule has 1 aromatic heterocycles. The molecule has 0 amide bonds.